The number of nitrogens with zero attached hydrogens (tertiary/aromatic N) is 1. The van der Waals surface area contributed by atoms with Crippen LogP contribution in [0, 0.1) is 0 Å². The highest BCUT2D eigenvalue weighted by molar-refractivity contribution is 5.66. The van der Waals surface area contributed by atoms with E-state index in [2.05, 4.69) is 24.1 Å². The van der Waals surface area contributed by atoms with Crippen LogP contribution in [0.2, 0.25) is 0 Å². The van der Waals surface area contributed by atoms with Crippen LogP contribution >= 0.6 is 0 Å². The minimum absolute atomic E-state index is 0.291. The maximum Gasteiger partial charge on any atom is 0.407 e. The zero-order valence-electron chi connectivity index (χ0n) is 12.8. The zero-order valence-corrected chi connectivity index (χ0v) is 12.8. The molecular formula is C15H30N2O2. The molecule has 1 rings (SSSR count). The van der Waals surface area contributed by atoms with E-state index in [-0.39, 0.29) is 6.09 Å². The van der Waals surface area contributed by atoms with E-state index in [0.717, 1.165) is 25.0 Å². The minimum atomic E-state index is -0.291. The SMILES string of the molecule is CCOC(=O)NCCCCCN1C(C)CCCC1C. The fraction of sp³-hybridized carbons (Fsp3) is 0.933. The number of hydrogen-bond donors (Lipinski definition) is 1. The fourth-order valence-electron chi connectivity index (χ4n) is 2.88. The molecule has 0 aromatic rings. The number of unbranched alkanes of at least 4 members (excludes halogenated alkanes) is 2. The van der Waals surface area contributed by atoms with Crippen LogP contribution in [-0.2, 0) is 4.74 Å². The summed E-state index contributed by atoms with van der Waals surface area (Å²) in [5, 5.41) is 2.76. The van der Waals surface area contributed by atoms with E-state index in [0.29, 0.717) is 6.61 Å². The summed E-state index contributed by atoms with van der Waals surface area (Å²) in [6.07, 6.45) is 7.20. The van der Waals surface area contributed by atoms with Gasteiger partial charge in [-0.1, -0.05) is 12.8 Å². The fourth-order valence-corrected chi connectivity index (χ4v) is 2.88. The van der Waals surface area contributed by atoms with Gasteiger partial charge < -0.3 is 10.1 Å². The van der Waals surface area contributed by atoms with Crippen molar-refractivity contribution < 1.29 is 9.53 Å². The zero-order chi connectivity index (χ0) is 14.1. The topological polar surface area (TPSA) is 41.6 Å². The standard InChI is InChI=1S/C15H30N2O2/c1-4-19-15(18)16-11-6-5-7-12-17-13(2)9-8-10-14(17)3/h13-14H,4-12H2,1-3H3,(H,16,18). The Labute approximate surface area is 117 Å². The first kappa shape index (κ1) is 16.3. The Morgan fingerprint density at radius 3 is 2.53 bits per heavy atom. The van der Waals surface area contributed by atoms with Crippen molar-refractivity contribution in [3.63, 3.8) is 0 Å². The van der Waals surface area contributed by atoms with Crippen molar-refractivity contribution in [1.29, 1.82) is 0 Å². The van der Waals surface area contributed by atoms with Gasteiger partial charge in [-0.15, -0.1) is 0 Å². The lowest BCUT2D eigenvalue weighted by Crippen LogP contribution is -2.44. The van der Waals surface area contributed by atoms with Crippen molar-refractivity contribution in [2.75, 3.05) is 19.7 Å². The molecule has 1 saturated heterocycles. The summed E-state index contributed by atoms with van der Waals surface area (Å²) < 4.78 is 4.81. The average Bonchev–Trinajstić information content (AvgIpc) is 2.36. The smallest absolute Gasteiger partial charge is 0.407 e. The molecule has 2 atom stereocenters. The molecule has 1 aliphatic rings. The van der Waals surface area contributed by atoms with Gasteiger partial charge in [0.25, 0.3) is 0 Å². The van der Waals surface area contributed by atoms with Crippen LogP contribution in [0.15, 0.2) is 0 Å². The summed E-state index contributed by atoms with van der Waals surface area (Å²) in [7, 11) is 0. The predicted octanol–water partition coefficient (Wildman–Crippen LogP) is 3.17. The van der Waals surface area contributed by atoms with Crippen LogP contribution in [0.1, 0.15) is 59.3 Å². The number of amides is 1. The normalized spacial score (nSPS) is 24.2. The number of ether oxygens (including phenoxy) is 1. The van der Waals surface area contributed by atoms with Crippen LogP contribution in [0.4, 0.5) is 4.79 Å². The predicted molar refractivity (Wildman–Crippen MR) is 78.4 cm³/mol. The van der Waals surface area contributed by atoms with Gasteiger partial charge in [-0.2, -0.15) is 0 Å². The Morgan fingerprint density at radius 1 is 1.21 bits per heavy atom. The minimum Gasteiger partial charge on any atom is -0.450 e. The summed E-state index contributed by atoms with van der Waals surface area (Å²) in [4.78, 5) is 13.7. The number of piperidine rings is 1. The second-order valence-electron chi connectivity index (χ2n) is 5.57. The van der Waals surface area contributed by atoms with E-state index in [4.69, 9.17) is 4.74 Å². The molecule has 0 aliphatic carbocycles. The van der Waals surface area contributed by atoms with Crippen molar-refractivity contribution in [3.05, 3.63) is 0 Å². The van der Waals surface area contributed by atoms with Crippen LogP contribution in [0.25, 0.3) is 0 Å². The second kappa shape index (κ2) is 9.18. The highest BCUT2D eigenvalue weighted by Gasteiger charge is 2.23. The molecule has 2 unspecified atom stereocenters. The third kappa shape index (κ3) is 6.28. The first-order chi connectivity index (χ1) is 9.15. The largest absolute Gasteiger partial charge is 0.450 e. The molecule has 19 heavy (non-hydrogen) atoms. The Balaban J connectivity index is 2.02. The Morgan fingerprint density at radius 2 is 1.89 bits per heavy atom. The van der Waals surface area contributed by atoms with Gasteiger partial charge in [0, 0.05) is 18.6 Å². The van der Waals surface area contributed by atoms with Gasteiger partial charge in [0.1, 0.15) is 0 Å². The van der Waals surface area contributed by atoms with Crippen molar-refractivity contribution >= 4 is 6.09 Å². The first-order valence-electron chi connectivity index (χ1n) is 7.81. The number of carbonyl (C=O) groups is 1. The molecule has 1 aliphatic heterocycles. The molecule has 112 valence electrons. The monoisotopic (exact) mass is 270 g/mol. The van der Waals surface area contributed by atoms with E-state index < -0.39 is 0 Å². The Bertz CT molecular complexity index is 249. The lowest BCUT2D eigenvalue weighted by atomic mass is 9.97. The van der Waals surface area contributed by atoms with Gasteiger partial charge in [0.15, 0.2) is 0 Å². The quantitative estimate of drug-likeness (QED) is 0.722. The summed E-state index contributed by atoms with van der Waals surface area (Å²) in [5.74, 6) is 0. The highest BCUT2D eigenvalue weighted by atomic mass is 16.5. The Hall–Kier alpha value is -0.770. The second-order valence-corrected chi connectivity index (χ2v) is 5.57. The molecule has 1 N–H and O–H groups in total. The van der Waals surface area contributed by atoms with Gasteiger partial charge in [-0.3, -0.25) is 4.90 Å². The van der Waals surface area contributed by atoms with Gasteiger partial charge in [0.2, 0.25) is 0 Å². The molecule has 4 nitrogen and oxygen atoms in total. The molecule has 0 aromatic heterocycles. The van der Waals surface area contributed by atoms with Crippen LogP contribution in [0.3, 0.4) is 0 Å². The third-order valence-corrected chi connectivity index (χ3v) is 4.01. The molecule has 0 radical (unpaired) electrons. The molecule has 0 saturated carbocycles. The van der Waals surface area contributed by atoms with Gasteiger partial charge >= 0.3 is 6.09 Å². The molecule has 1 fully saturated rings. The van der Waals surface area contributed by atoms with E-state index >= 15 is 0 Å². The molecule has 1 heterocycles. The van der Waals surface area contributed by atoms with E-state index in [1.165, 1.54) is 38.6 Å². The van der Waals surface area contributed by atoms with Crippen molar-refractivity contribution in [1.82, 2.24) is 10.2 Å². The summed E-state index contributed by atoms with van der Waals surface area (Å²) in [5.41, 5.74) is 0. The van der Waals surface area contributed by atoms with Gasteiger partial charge in [-0.05, 0) is 53.0 Å². The van der Waals surface area contributed by atoms with Gasteiger partial charge in [0.05, 0.1) is 6.61 Å². The van der Waals surface area contributed by atoms with Crippen molar-refractivity contribution in [2.24, 2.45) is 0 Å². The Kier molecular flexibility index (Phi) is 7.87. The van der Waals surface area contributed by atoms with Crippen LogP contribution in [-0.4, -0.2) is 42.8 Å². The number of nitrogens with one attached hydrogen (secondary N) is 1. The van der Waals surface area contributed by atoms with E-state index in [1.807, 2.05) is 6.92 Å². The van der Waals surface area contributed by atoms with E-state index in [1.54, 1.807) is 0 Å². The highest BCUT2D eigenvalue weighted by Crippen LogP contribution is 2.22. The third-order valence-electron chi connectivity index (χ3n) is 4.01. The maximum absolute atomic E-state index is 11.1. The van der Waals surface area contributed by atoms with Crippen LogP contribution in [0.5, 0.6) is 0 Å². The molecule has 0 spiro atoms. The maximum atomic E-state index is 11.1. The lowest BCUT2D eigenvalue weighted by Gasteiger charge is -2.39. The lowest BCUT2D eigenvalue weighted by molar-refractivity contribution is 0.101. The molecule has 0 bridgehead atoms. The molecule has 4 heteroatoms. The van der Waals surface area contributed by atoms with Gasteiger partial charge in [-0.25, -0.2) is 4.79 Å². The molecular weight excluding hydrogens is 240 g/mol. The summed E-state index contributed by atoms with van der Waals surface area (Å²) in [6.45, 7) is 8.87. The van der Waals surface area contributed by atoms with Crippen molar-refractivity contribution in [3.8, 4) is 0 Å². The van der Waals surface area contributed by atoms with Crippen LogP contribution < -0.4 is 5.32 Å². The molecule has 0 aromatic carbocycles. The first-order valence-corrected chi connectivity index (χ1v) is 7.81. The number of alkyl carbamates (subject to hydrolysis) is 1. The average molecular weight is 270 g/mol. The van der Waals surface area contributed by atoms with E-state index in [9.17, 15) is 4.79 Å². The number of likely N-dealkylation sites (tertiary alicyclic amines) is 1. The summed E-state index contributed by atoms with van der Waals surface area (Å²) in [6, 6.07) is 1.47. The number of hydrogen-bond acceptors (Lipinski definition) is 3. The van der Waals surface area contributed by atoms with Crippen molar-refractivity contribution in [2.45, 2.75) is 71.4 Å². The number of rotatable bonds is 7. The molecule has 1 amide bonds. The summed E-state index contributed by atoms with van der Waals surface area (Å²) >= 11 is 0. The number of carbonyl (C=O) groups excluding carboxylic acids is 1.